The van der Waals surface area contributed by atoms with Crippen molar-refractivity contribution in [1.82, 2.24) is 0 Å². The van der Waals surface area contributed by atoms with Crippen LogP contribution in [-0.4, -0.2) is 11.8 Å². The van der Waals surface area contributed by atoms with E-state index in [1.807, 2.05) is 131 Å². The Morgan fingerprint density at radius 1 is 0.500 bits per heavy atom. The third-order valence-electron chi connectivity index (χ3n) is 7.44. The number of carbonyl (C=O) groups excluding carboxylic acids is 2. The quantitative estimate of drug-likeness (QED) is 0.254. The molecular weight excluding hydrogens is 468 g/mol. The van der Waals surface area contributed by atoms with Gasteiger partial charge in [0.15, 0.2) is 0 Å². The Morgan fingerprint density at radius 2 is 0.816 bits per heavy atom. The zero-order valence-corrected chi connectivity index (χ0v) is 21.7. The molecule has 4 aromatic rings. The molecule has 0 bridgehead atoms. The van der Waals surface area contributed by atoms with Gasteiger partial charge in [0.05, 0.1) is 24.9 Å². The number of rotatable bonds is 8. The van der Waals surface area contributed by atoms with Gasteiger partial charge >= 0.3 is 0 Å². The minimum Gasteiger partial charge on any atom is -0.308 e. The van der Waals surface area contributed by atoms with Crippen LogP contribution >= 0.6 is 0 Å². The average Bonchev–Trinajstić information content (AvgIpc) is 3.00. The Kier molecular flexibility index (Phi) is 8.29. The van der Waals surface area contributed by atoms with Gasteiger partial charge in [0.25, 0.3) is 0 Å². The molecule has 0 spiro atoms. The van der Waals surface area contributed by atoms with Crippen molar-refractivity contribution in [3.05, 3.63) is 132 Å². The molecule has 2 amide bonds. The number of nitrogens with zero attached hydrogens (tertiary/aromatic N) is 2. The fourth-order valence-corrected chi connectivity index (χ4v) is 5.46. The van der Waals surface area contributed by atoms with Gasteiger partial charge in [0, 0.05) is 11.4 Å². The Labute approximate surface area is 225 Å². The van der Waals surface area contributed by atoms with Crippen LogP contribution in [0.15, 0.2) is 121 Å². The molecule has 4 aromatic carbocycles. The summed E-state index contributed by atoms with van der Waals surface area (Å²) in [5.41, 5.74) is 3.86. The lowest BCUT2D eigenvalue weighted by molar-refractivity contribution is -0.133. The van der Waals surface area contributed by atoms with E-state index in [2.05, 4.69) is 0 Å². The Balaban J connectivity index is 1.46. The van der Waals surface area contributed by atoms with E-state index < -0.39 is 0 Å². The van der Waals surface area contributed by atoms with Crippen molar-refractivity contribution in [3.8, 4) is 0 Å². The highest BCUT2D eigenvalue weighted by Gasteiger charge is 2.40. The van der Waals surface area contributed by atoms with Crippen molar-refractivity contribution in [2.24, 2.45) is 11.8 Å². The summed E-state index contributed by atoms with van der Waals surface area (Å²) in [6.07, 6.45) is 3.36. The first-order valence-electron chi connectivity index (χ1n) is 13.5. The molecule has 38 heavy (non-hydrogen) atoms. The van der Waals surface area contributed by atoms with Gasteiger partial charge in [-0.15, -0.1) is 0 Å². The fourth-order valence-electron chi connectivity index (χ4n) is 5.46. The van der Waals surface area contributed by atoms with Crippen molar-refractivity contribution in [1.29, 1.82) is 0 Å². The number of hydrogen-bond donors (Lipinski definition) is 0. The molecule has 2 atom stereocenters. The summed E-state index contributed by atoms with van der Waals surface area (Å²) in [6.45, 7) is 0.959. The summed E-state index contributed by atoms with van der Waals surface area (Å²) < 4.78 is 0. The molecule has 0 heterocycles. The Hall–Kier alpha value is -4.18. The average molecular weight is 503 g/mol. The van der Waals surface area contributed by atoms with Gasteiger partial charge in [-0.25, -0.2) is 0 Å². The van der Waals surface area contributed by atoms with Crippen molar-refractivity contribution >= 4 is 23.2 Å². The second-order valence-electron chi connectivity index (χ2n) is 9.99. The summed E-state index contributed by atoms with van der Waals surface area (Å²) >= 11 is 0. The van der Waals surface area contributed by atoms with Crippen LogP contribution in [0.25, 0.3) is 0 Å². The predicted molar refractivity (Wildman–Crippen MR) is 154 cm³/mol. The molecule has 192 valence electrons. The summed E-state index contributed by atoms with van der Waals surface area (Å²) in [7, 11) is 0. The van der Waals surface area contributed by atoms with E-state index in [4.69, 9.17) is 0 Å². The molecule has 2 unspecified atom stereocenters. The maximum Gasteiger partial charge on any atom is 0.231 e. The first-order valence-corrected chi connectivity index (χ1v) is 13.5. The van der Waals surface area contributed by atoms with Crippen LogP contribution < -0.4 is 9.80 Å². The highest BCUT2D eigenvalue weighted by atomic mass is 16.2. The maximum atomic E-state index is 14.3. The normalized spacial score (nSPS) is 16.9. The topological polar surface area (TPSA) is 40.6 Å². The van der Waals surface area contributed by atoms with Crippen molar-refractivity contribution in [2.75, 3.05) is 9.80 Å². The second kappa shape index (κ2) is 12.4. The van der Waals surface area contributed by atoms with Crippen molar-refractivity contribution in [3.63, 3.8) is 0 Å². The van der Waals surface area contributed by atoms with Crippen LogP contribution in [0.4, 0.5) is 11.4 Å². The molecule has 0 saturated heterocycles. The van der Waals surface area contributed by atoms with Gasteiger partial charge in [-0.2, -0.15) is 0 Å². The minimum atomic E-state index is -0.359. The zero-order valence-electron chi connectivity index (χ0n) is 21.7. The molecule has 4 nitrogen and oxygen atoms in total. The molecule has 1 aliphatic rings. The van der Waals surface area contributed by atoms with Gasteiger partial charge in [-0.3, -0.25) is 9.59 Å². The number of amides is 2. The molecular formula is C34H34N2O2. The molecule has 4 heteroatoms. The lowest BCUT2D eigenvalue weighted by atomic mass is 9.77. The molecule has 1 saturated carbocycles. The van der Waals surface area contributed by atoms with Crippen molar-refractivity contribution in [2.45, 2.75) is 38.8 Å². The largest absolute Gasteiger partial charge is 0.308 e. The third-order valence-corrected chi connectivity index (χ3v) is 7.44. The molecule has 0 aromatic heterocycles. The second-order valence-corrected chi connectivity index (χ2v) is 9.99. The monoisotopic (exact) mass is 502 g/mol. The van der Waals surface area contributed by atoms with E-state index in [0.29, 0.717) is 13.1 Å². The van der Waals surface area contributed by atoms with Crippen LogP contribution in [0.2, 0.25) is 0 Å². The standard InChI is InChI=1S/C34H34N2O2/c37-33(35(29-19-9-3-10-20-29)25-27-15-5-1-6-16-27)31-23-13-14-24-32(31)34(38)36(30-21-11-4-12-22-30)26-28-17-7-2-8-18-28/h1-12,15-22,31-32H,13-14,23-26H2. The van der Waals surface area contributed by atoms with E-state index in [9.17, 15) is 9.59 Å². The third kappa shape index (κ3) is 6.03. The zero-order chi connectivity index (χ0) is 26.2. The lowest BCUT2D eigenvalue weighted by Gasteiger charge is -2.37. The summed E-state index contributed by atoms with van der Waals surface area (Å²) in [4.78, 5) is 32.3. The highest BCUT2D eigenvalue weighted by Crippen LogP contribution is 2.36. The lowest BCUT2D eigenvalue weighted by Crippen LogP contribution is -2.46. The van der Waals surface area contributed by atoms with E-state index in [1.54, 1.807) is 0 Å². The Morgan fingerprint density at radius 3 is 1.16 bits per heavy atom. The van der Waals surface area contributed by atoms with E-state index >= 15 is 0 Å². The highest BCUT2D eigenvalue weighted by molar-refractivity contribution is 6.02. The number of carbonyl (C=O) groups is 2. The Bertz CT molecular complexity index is 1200. The first kappa shape index (κ1) is 25.5. The van der Waals surface area contributed by atoms with Gasteiger partial charge < -0.3 is 9.80 Å². The molecule has 0 aliphatic heterocycles. The van der Waals surface area contributed by atoms with Crippen LogP contribution in [0, 0.1) is 11.8 Å². The first-order chi connectivity index (χ1) is 18.7. The predicted octanol–water partition coefficient (Wildman–Crippen LogP) is 7.26. The molecule has 0 radical (unpaired) electrons. The molecule has 1 fully saturated rings. The fraction of sp³-hybridized carbons (Fsp3) is 0.235. The number of benzene rings is 4. The molecule has 1 aliphatic carbocycles. The summed E-state index contributed by atoms with van der Waals surface area (Å²) in [5.74, 6) is -0.652. The van der Waals surface area contributed by atoms with Crippen LogP contribution in [-0.2, 0) is 22.7 Å². The SMILES string of the molecule is O=C(C1CCCCC1C(=O)N(Cc1ccccc1)c1ccccc1)N(Cc1ccccc1)c1ccccc1. The number of hydrogen-bond acceptors (Lipinski definition) is 2. The van der Waals surface area contributed by atoms with Crippen LogP contribution in [0.1, 0.15) is 36.8 Å². The maximum absolute atomic E-state index is 14.3. The van der Waals surface area contributed by atoms with E-state index in [1.165, 1.54) is 0 Å². The smallest absolute Gasteiger partial charge is 0.231 e. The van der Waals surface area contributed by atoms with Crippen molar-refractivity contribution < 1.29 is 9.59 Å². The van der Waals surface area contributed by atoms with Gasteiger partial charge in [-0.1, -0.05) is 110 Å². The van der Waals surface area contributed by atoms with Crippen LogP contribution in [0.5, 0.6) is 0 Å². The minimum absolute atomic E-state index is 0.0332. The number of para-hydroxylation sites is 2. The summed E-state index contributed by atoms with van der Waals surface area (Å²) in [6, 6.07) is 39.8. The van der Waals surface area contributed by atoms with Gasteiger partial charge in [0.2, 0.25) is 11.8 Å². The molecule has 0 N–H and O–H groups in total. The van der Waals surface area contributed by atoms with E-state index in [0.717, 1.165) is 48.2 Å². The van der Waals surface area contributed by atoms with Gasteiger partial charge in [0.1, 0.15) is 0 Å². The van der Waals surface area contributed by atoms with E-state index in [-0.39, 0.29) is 23.7 Å². The van der Waals surface area contributed by atoms with Crippen LogP contribution in [0.3, 0.4) is 0 Å². The summed E-state index contributed by atoms with van der Waals surface area (Å²) in [5, 5.41) is 0. The number of anilines is 2. The van der Waals surface area contributed by atoms with Gasteiger partial charge in [-0.05, 0) is 48.2 Å². The molecule has 5 rings (SSSR count).